The monoisotopic (exact) mass is 248 g/mol. The summed E-state index contributed by atoms with van der Waals surface area (Å²) in [6.45, 7) is 10.0. The van der Waals surface area contributed by atoms with Gasteiger partial charge in [-0.05, 0) is 57.4 Å². The van der Waals surface area contributed by atoms with E-state index < -0.39 is 0 Å². The molecule has 1 atom stereocenters. The van der Waals surface area contributed by atoms with Crippen LogP contribution in [0.25, 0.3) is 0 Å². The fourth-order valence-corrected chi connectivity index (χ4v) is 2.19. The molecule has 18 heavy (non-hydrogen) atoms. The lowest BCUT2D eigenvalue weighted by Crippen LogP contribution is -2.34. The molecular formula is C16H28N2. The smallest absolute Gasteiger partial charge is 0.000580 e. The van der Waals surface area contributed by atoms with Crippen LogP contribution in [-0.4, -0.2) is 26.7 Å². The Labute approximate surface area is 112 Å². The van der Waals surface area contributed by atoms with Crippen molar-refractivity contribution in [2.45, 2.75) is 27.2 Å². The highest BCUT2D eigenvalue weighted by Crippen LogP contribution is 2.08. The van der Waals surface area contributed by atoms with Gasteiger partial charge in [-0.1, -0.05) is 43.7 Å². The van der Waals surface area contributed by atoms with Gasteiger partial charge in [0, 0.05) is 0 Å². The Hall–Kier alpha value is -0.860. The summed E-state index contributed by atoms with van der Waals surface area (Å²) in [5, 5.41) is 6.85. The van der Waals surface area contributed by atoms with Crippen molar-refractivity contribution in [1.82, 2.24) is 10.6 Å². The average Bonchev–Trinajstić information content (AvgIpc) is 2.33. The molecule has 0 saturated carbocycles. The van der Waals surface area contributed by atoms with Gasteiger partial charge in [0.15, 0.2) is 0 Å². The average molecular weight is 248 g/mol. The van der Waals surface area contributed by atoms with Crippen LogP contribution in [0.4, 0.5) is 0 Å². The van der Waals surface area contributed by atoms with Gasteiger partial charge in [0.25, 0.3) is 0 Å². The summed E-state index contributed by atoms with van der Waals surface area (Å²) in [5.74, 6) is 1.44. The molecule has 1 aromatic rings. The molecule has 0 aromatic heterocycles. The van der Waals surface area contributed by atoms with E-state index >= 15 is 0 Å². The Balaban J connectivity index is 2.25. The zero-order chi connectivity index (χ0) is 13.4. The van der Waals surface area contributed by atoms with Crippen molar-refractivity contribution in [3.63, 3.8) is 0 Å². The summed E-state index contributed by atoms with van der Waals surface area (Å²) in [4.78, 5) is 0. The van der Waals surface area contributed by atoms with E-state index in [1.54, 1.807) is 0 Å². The Morgan fingerprint density at radius 3 is 2.56 bits per heavy atom. The maximum atomic E-state index is 3.58. The molecule has 0 saturated heterocycles. The second kappa shape index (κ2) is 8.28. The van der Waals surface area contributed by atoms with E-state index in [-0.39, 0.29) is 0 Å². The van der Waals surface area contributed by atoms with Gasteiger partial charge < -0.3 is 10.6 Å². The molecule has 0 fully saturated rings. The van der Waals surface area contributed by atoms with Crippen LogP contribution in [0.15, 0.2) is 24.3 Å². The van der Waals surface area contributed by atoms with E-state index in [1.165, 1.54) is 11.1 Å². The van der Waals surface area contributed by atoms with Crippen LogP contribution < -0.4 is 10.6 Å². The fourth-order valence-electron chi connectivity index (χ4n) is 2.19. The number of nitrogens with one attached hydrogen (secondary N) is 2. The highest BCUT2D eigenvalue weighted by atomic mass is 14.9. The molecule has 102 valence electrons. The van der Waals surface area contributed by atoms with E-state index in [0.717, 1.165) is 32.0 Å². The van der Waals surface area contributed by atoms with Crippen LogP contribution in [0.3, 0.4) is 0 Å². The van der Waals surface area contributed by atoms with Crippen LogP contribution in [-0.2, 0) is 6.42 Å². The van der Waals surface area contributed by atoms with E-state index in [1.807, 2.05) is 7.05 Å². The van der Waals surface area contributed by atoms with E-state index in [4.69, 9.17) is 0 Å². The molecule has 0 amide bonds. The Morgan fingerprint density at radius 2 is 1.94 bits per heavy atom. The summed E-state index contributed by atoms with van der Waals surface area (Å²) in [6, 6.07) is 8.78. The molecule has 1 rings (SSSR count). The highest BCUT2D eigenvalue weighted by molar-refractivity contribution is 5.22. The Morgan fingerprint density at radius 1 is 1.17 bits per heavy atom. The molecular weight excluding hydrogens is 220 g/mol. The minimum atomic E-state index is 0.715. The number of hydrogen-bond donors (Lipinski definition) is 2. The number of aryl methyl sites for hydroxylation is 1. The molecule has 0 aliphatic heterocycles. The van der Waals surface area contributed by atoms with Gasteiger partial charge in [0.05, 0.1) is 0 Å². The normalized spacial score (nSPS) is 12.9. The first-order chi connectivity index (χ1) is 8.63. The molecule has 0 spiro atoms. The minimum Gasteiger partial charge on any atom is -0.319 e. The molecule has 0 aliphatic rings. The maximum absolute atomic E-state index is 3.58. The SMILES string of the molecule is CNCC(CNCCc1cccc(C)c1)C(C)C. The lowest BCUT2D eigenvalue weighted by atomic mass is 9.96. The van der Waals surface area contributed by atoms with Gasteiger partial charge in [-0.3, -0.25) is 0 Å². The predicted octanol–water partition coefficient (Wildman–Crippen LogP) is 2.62. The van der Waals surface area contributed by atoms with Crippen LogP contribution in [0.1, 0.15) is 25.0 Å². The first-order valence-corrected chi connectivity index (χ1v) is 7.04. The summed E-state index contributed by atoms with van der Waals surface area (Å²) >= 11 is 0. The van der Waals surface area contributed by atoms with Crippen molar-refractivity contribution < 1.29 is 0 Å². The van der Waals surface area contributed by atoms with Crippen molar-refractivity contribution in [2.24, 2.45) is 11.8 Å². The second-order valence-corrected chi connectivity index (χ2v) is 5.50. The van der Waals surface area contributed by atoms with Gasteiger partial charge >= 0.3 is 0 Å². The lowest BCUT2D eigenvalue weighted by Gasteiger charge is -2.21. The van der Waals surface area contributed by atoms with Crippen LogP contribution in [0.2, 0.25) is 0 Å². The Kier molecular flexibility index (Phi) is 6.99. The number of hydrogen-bond acceptors (Lipinski definition) is 2. The Bertz CT molecular complexity index is 334. The summed E-state index contributed by atoms with van der Waals surface area (Å²) < 4.78 is 0. The molecule has 0 radical (unpaired) electrons. The standard InChI is InChI=1S/C16H28N2/c1-13(2)16(11-17-4)12-18-9-8-15-7-5-6-14(3)10-15/h5-7,10,13,16-18H,8-9,11-12H2,1-4H3. The van der Waals surface area contributed by atoms with Gasteiger partial charge in [0.1, 0.15) is 0 Å². The first kappa shape index (κ1) is 15.2. The second-order valence-electron chi connectivity index (χ2n) is 5.50. The van der Waals surface area contributed by atoms with Gasteiger partial charge in [-0.15, -0.1) is 0 Å². The van der Waals surface area contributed by atoms with Gasteiger partial charge in [0.2, 0.25) is 0 Å². The molecule has 0 heterocycles. The predicted molar refractivity (Wildman–Crippen MR) is 80.0 cm³/mol. The zero-order valence-corrected chi connectivity index (χ0v) is 12.3. The van der Waals surface area contributed by atoms with Crippen molar-refractivity contribution in [3.8, 4) is 0 Å². The van der Waals surface area contributed by atoms with Gasteiger partial charge in [-0.25, -0.2) is 0 Å². The summed E-state index contributed by atoms with van der Waals surface area (Å²) in [5.41, 5.74) is 2.78. The van der Waals surface area contributed by atoms with E-state index in [2.05, 4.69) is 55.7 Å². The zero-order valence-electron chi connectivity index (χ0n) is 12.3. The molecule has 2 heteroatoms. The van der Waals surface area contributed by atoms with E-state index in [9.17, 15) is 0 Å². The topological polar surface area (TPSA) is 24.1 Å². The van der Waals surface area contributed by atoms with Crippen molar-refractivity contribution in [3.05, 3.63) is 35.4 Å². The number of benzene rings is 1. The molecule has 1 aromatic carbocycles. The molecule has 0 aliphatic carbocycles. The largest absolute Gasteiger partial charge is 0.319 e. The molecule has 2 nitrogen and oxygen atoms in total. The van der Waals surface area contributed by atoms with Crippen molar-refractivity contribution in [1.29, 1.82) is 0 Å². The minimum absolute atomic E-state index is 0.715. The maximum Gasteiger partial charge on any atom is -0.000580 e. The van der Waals surface area contributed by atoms with Crippen LogP contribution in [0.5, 0.6) is 0 Å². The van der Waals surface area contributed by atoms with Crippen molar-refractivity contribution in [2.75, 3.05) is 26.7 Å². The summed E-state index contributed by atoms with van der Waals surface area (Å²) in [7, 11) is 2.03. The molecule has 1 unspecified atom stereocenters. The molecule has 2 N–H and O–H groups in total. The summed E-state index contributed by atoms with van der Waals surface area (Å²) in [6.07, 6.45) is 1.12. The van der Waals surface area contributed by atoms with Gasteiger partial charge in [-0.2, -0.15) is 0 Å². The van der Waals surface area contributed by atoms with Crippen molar-refractivity contribution >= 4 is 0 Å². The fraction of sp³-hybridized carbons (Fsp3) is 0.625. The lowest BCUT2D eigenvalue weighted by molar-refractivity contribution is 0.354. The van der Waals surface area contributed by atoms with Crippen LogP contribution in [0, 0.1) is 18.8 Å². The molecule has 0 bridgehead atoms. The first-order valence-electron chi connectivity index (χ1n) is 7.04. The van der Waals surface area contributed by atoms with E-state index in [0.29, 0.717) is 5.92 Å². The third kappa shape index (κ3) is 5.65. The third-order valence-electron chi connectivity index (χ3n) is 3.49. The third-order valence-corrected chi connectivity index (χ3v) is 3.49. The highest BCUT2D eigenvalue weighted by Gasteiger charge is 2.11. The van der Waals surface area contributed by atoms with Crippen LogP contribution >= 0.6 is 0 Å². The number of rotatable bonds is 8. The quantitative estimate of drug-likeness (QED) is 0.691.